The molecule has 2 aromatic rings. The zero-order valence-electron chi connectivity index (χ0n) is 16.5. The molecule has 1 N–H and O–H groups in total. The lowest BCUT2D eigenvalue weighted by atomic mass is 10.0. The lowest BCUT2D eigenvalue weighted by Gasteiger charge is -2.28. The molecule has 1 aromatic carbocycles. The third-order valence-corrected chi connectivity index (χ3v) is 5.84. The number of hydrogen-bond acceptors (Lipinski definition) is 6. The molecule has 3 aliphatic heterocycles. The number of carbonyl (C=O) groups excluding carboxylic acids is 1. The Kier molecular flexibility index (Phi) is 5.06. The summed E-state index contributed by atoms with van der Waals surface area (Å²) in [6, 6.07) is 6.06. The molecule has 1 atom stereocenters. The molecule has 0 aliphatic carbocycles. The largest absolute Gasteiger partial charge is 0.490 e. The second kappa shape index (κ2) is 7.99. The maximum Gasteiger partial charge on any atom is 0.227 e. The Balaban J connectivity index is 1.25. The molecule has 4 heterocycles. The van der Waals surface area contributed by atoms with E-state index in [4.69, 9.17) is 14.5 Å². The van der Waals surface area contributed by atoms with Crippen LogP contribution in [0.25, 0.3) is 0 Å². The number of ether oxygens (including phenoxy) is 2. The number of nitrogens with zero attached hydrogens (tertiary/aromatic N) is 3. The van der Waals surface area contributed by atoms with E-state index in [2.05, 4.69) is 10.3 Å². The fourth-order valence-electron chi connectivity index (χ4n) is 4.22. The summed E-state index contributed by atoms with van der Waals surface area (Å²) in [6.07, 6.45) is 6.19. The summed E-state index contributed by atoms with van der Waals surface area (Å²) in [4.78, 5) is 24.2. The van der Waals surface area contributed by atoms with E-state index in [1.807, 2.05) is 29.3 Å². The molecule has 1 fully saturated rings. The van der Waals surface area contributed by atoms with Crippen LogP contribution in [0.4, 0.5) is 0 Å². The zero-order valence-corrected chi connectivity index (χ0v) is 16.5. The molecule has 5 rings (SSSR count). The van der Waals surface area contributed by atoms with Crippen LogP contribution in [-0.4, -0.2) is 47.1 Å². The Morgan fingerprint density at radius 2 is 2.10 bits per heavy atom. The van der Waals surface area contributed by atoms with E-state index in [0.29, 0.717) is 32.7 Å². The predicted octanol–water partition coefficient (Wildman–Crippen LogP) is 2.19. The van der Waals surface area contributed by atoms with Gasteiger partial charge in [-0.25, -0.2) is 9.97 Å². The lowest BCUT2D eigenvalue weighted by molar-refractivity contribution is -0.131. The topological polar surface area (TPSA) is 76.6 Å². The van der Waals surface area contributed by atoms with Crippen LogP contribution in [0.5, 0.6) is 11.5 Å². The van der Waals surface area contributed by atoms with E-state index in [9.17, 15) is 4.79 Å². The number of benzene rings is 1. The van der Waals surface area contributed by atoms with Crippen molar-refractivity contribution in [1.29, 1.82) is 0 Å². The molecule has 0 radical (unpaired) electrons. The maximum absolute atomic E-state index is 12.9. The Morgan fingerprint density at radius 1 is 1.21 bits per heavy atom. The van der Waals surface area contributed by atoms with Crippen LogP contribution >= 0.6 is 0 Å². The summed E-state index contributed by atoms with van der Waals surface area (Å²) < 4.78 is 11.4. The first-order chi connectivity index (χ1) is 14.3. The van der Waals surface area contributed by atoms with Crippen LogP contribution in [0, 0.1) is 0 Å². The number of amides is 1. The molecule has 1 unspecified atom stereocenters. The number of nitrogens with one attached hydrogen (secondary N) is 1. The molecule has 152 valence electrons. The average molecular weight is 394 g/mol. The van der Waals surface area contributed by atoms with Gasteiger partial charge in [0.05, 0.1) is 31.4 Å². The van der Waals surface area contributed by atoms with Crippen molar-refractivity contribution >= 4 is 5.91 Å². The van der Waals surface area contributed by atoms with E-state index in [1.165, 1.54) is 6.42 Å². The second-order valence-electron chi connectivity index (χ2n) is 7.92. The van der Waals surface area contributed by atoms with Gasteiger partial charge in [0.25, 0.3) is 0 Å². The van der Waals surface area contributed by atoms with Crippen molar-refractivity contribution in [1.82, 2.24) is 20.2 Å². The Hall–Kier alpha value is -2.67. The molecule has 1 amide bonds. The summed E-state index contributed by atoms with van der Waals surface area (Å²) in [5.74, 6) is 2.51. The predicted molar refractivity (Wildman–Crippen MR) is 107 cm³/mol. The highest BCUT2D eigenvalue weighted by Crippen LogP contribution is 2.31. The zero-order chi connectivity index (χ0) is 19.6. The fourth-order valence-corrected chi connectivity index (χ4v) is 4.22. The second-order valence-corrected chi connectivity index (χ2v) is 7.92. The number of carbonyl (C=O) groups is 1. The first-order valence-corrected chi connectivity index (χ1v) is 10.5. The van der Waals surface area contributed by atoms with Gasteiger partial charge in [0.2, 0.25) is 5.91 Å². The van der Waals surface area contributed by atoms with E-state index in [-0.39, 0.29) is 11.9 Å². The van der Waals surface area contributed by atoms with Gasteiger partial charge < -0.3 is 19.7 Å². The summed E-state index contributed by atoms with van der Waals surface area (Å²) >= 11 is 0. The summed E-state index contributed by atoms with van der Waals surface area (Å²) in [5, 5.41) is 3.45. The molecule has 7 heteroatoms. The number of rotatable bonds is 3. The fraction of sp³-hybridized carbons (Fsp3) is 0.500. The highest BCUT2D eigenvalue weighted by molar-refractivity contribution is 5.79. The van der Waals surface area contributed by atoms with Gasteiger partial charge in [-0.15, -0.1) is 0 Å². The standard InChI is InChI=1S/C22H26N4O3/c27-21(12-15-4-5-19-20(11-15)29-10-2-9-28-19)26-8-6-17-16(14-26)13-24-22(25-17)18-3-1-7-23-18/h4-5,11,13,18,23H,1-3,6-10,12,14H2. The van der Waals surface area contributed by atoms with Crippen molar-refractivity contribution in [2.24, 2.45) is 0 Å². The van der Waals surface area contributed by atoms with Crippen LogP contribution in [-0.2, 0) is 24.2 Å². The molecule has 29 heavy (non-hydrogen) atoms. The highest BCUT2D eigenvalue weighted by atomic mass is 16.5. The Labute approximate surface area is 170 Å². The quantitative estimate of drug-likeness (QED) is 0.860. The van der Waals surface area contributed by atoms with Crippen molar-refractivity contribution in [2.45, 2.75) is 44.7 Å². The van der Waals surface area contributed by atoms with Crippen molar-refractivity contribution < 1.29 is 14.3 Å². The van der Waals surface area contributed by atoms with Crippen LogP contribution in [0.15, 0.2) is 24.4 Å². The minimum Gasteiger partial charge on any atom is -0.490 e. The normalized spacial score (nSPS) is 20.8. The third-order valence-electron chi connectivity index (χ3n) is 5.84. The Bertz CT molecular complexity index is 911. The SMILES string of the molecule is O=C(Cc1ccc2c(c1)OCCCO2)N1CCc2nc(C3CCCN3)ncc2C1. The monoisotopic (exact) mass is 394 g/mol. The van der Waals surface area contributed by atoms with Gasteiger partial charge in [0.1, 0.15) is 5.82 Å². The van der Waals surface area contributed by atoms with Gasteiger partial charge in [0.15, 0.2) is 11.5 Å². The molecular weight excluding hydrogens is 368 g/mol. The van der Waals surface area contributed by atoms with Crippen LogP contribution in [0.2, 0.25) is 0 Å². The van der Waals surface area contributed by atoms with Gasteiger partial charge in [-0.05, 0) is 37.1 Å². The first kappa shape index (κ1) is 18.4. The van der Waals surface area contributed by atoms with Gasteiger partial charge in [0, 0.05) is 37.7 Å². The molecule has 7 nitrogen and oxygen atoms in total. The molecule has 1 aromatic heterocycles. The van der Waals surface area contributed by atoms with Crippen molar-refractivity contribution in [3.8, 4) is 11.5 Å². The van der Waals surface area contributed by atoms with Crippen molar-refractivity contribution in [3.63, 3.8) is 0 Å². The van der Waals surface area contributed by atoms with Gasteiger partial charge >= 0.3 is 0 Å². The number of hydrogen-bond donors (Lipinski definition) is 1. The minimum atomic E-state index is 0.117. The van der Waals surface area contributed by atoms with E-state index < -0.39 is 0 Å². The van der Waals surface area contributed by atoms with Gasteiger partial charge in [-0.3, -0.25) is 4.79 Å². The minimum absolute atomic E-state index is 0.117. The summed E-state index contributed by atoms with van der Waals surface area (Å²) in [7, 11) is 0. The van der Waals surface area contributed by atoms with Crippen molar-refractivity contribution in [3.05, 3.63) is 47.0 Å². The molecule has 1 saturated heterocycles. The van der Waals surface area contributed by atoms with Gasteiger partial charge in [-0.1, -0.05) is 6.07 Å². The number of aromatic nitrogens is 2. The molecule has 0 saturated carbocycles. The van der Waals surface area contributed by atoms with E-state index in [1.54, 1.807) is 0 Å². The molecular formula is C22H26N4O3. The van der Waals surface area contributed by atoms with Crippen LogP contribution < -0.4 is 14.8 Å². The molecule has 3 aliphatic rings. The number of fused-ring (bicyclic) bond motifs is 2. The average Bonchev–Trinajstić information content (AvgIpc) is 3.19. The smallest absolute Gasteiger partial charge is 0.227 e. The highest BCUT2D eigenvalue weighted by Gasteiger charge is 2.25. The van der Waals surface area contributed by atoms with Crippen LogP contribution in [0.3, 0.4) is 0 Å². The van der Waals surface area contributed by atoms with Crippen molar-refractivity contribution in [2.75, 3.05) is 26.3 Å². The maximum atomic E-state index is 12.9. The Morgan fingerprint density at radius 3 is 2.97 bits per heavy atom. The van der Waals surface area contributed by atoms with E-state index in [0.717, 1.165) is 60.0 Å². The van der Waals surface area contributed by atoms with Crippen LogP contribution in [0.1, 0.15) is 47.9 Å². The molecule has 0 bridgehead atoms. The summed E-state index contributed by atoms with van der Waals surface area (Å²) in [6.45, 7) is 3.63. The van der Waals surface area contributed by atoms with E-state index >= 15 is 0 Å². The molecule has 0 spiro atoms. The first-order valence-electron chi connectivity index (χ1n) is 10.5. The third kappa shape index (κ3) is 3.92. The van der Waals surface area contributed by atoms with Gasteiger partial charge in [-0.2, -0.15) is 0 Å². The lowest BCUT2D eigenvalue weighted by Crippen LogP contribution is -2.37. The summed E-state index contributed by atoms with van der Waals surface area (Å²) in [5.41, 5.74) is 3.09.